The van der Waals surface area contributed by atoms with Gasteiger partial charge in [0.15, 0.2) is 0 Å². The van der Waals surface area contributed by atoms with Gasteiger partial charge in [-0.25, -0.2) is 0 Å². The number of esters is 1. The summed E-state index contributed by atoms with van der Waals surface area (Å²) in [6.07, 6.45) is -1.02. The number of nitriles is 1. The second-order valence-electron chi connectivity index (χ2n) is 7.84. The number of carbonyl (C=O) groups excluding carboxylic acids is 1. The molecule has 2 unspecified atom stereocenters. The molecule has 2 aromatic carbocycles. The maximum atomic E-state index is 12.9. The van der Waals surface area contributed by atoms with Gasteiger partial charge in [0.2, 0.25) is 6.10 Å². The average molecular weight is 744 g/mol. The Bertz CT molecular complexity index is 997. The van der Waals surface area contributed by atoms with Gasteiger partial charge in [-0.15, -0.1) is 0 Å². The molecule has 0 spiro atoms. The number of alkyl halides is 4. The second kappa shape index (κ2) is 9.84. The van der Waals surface area contributed by atoms with Crippen molar-refractivity contribution in [1.82, 2.24) is 0 Å². The Morgan fingerprint density at radius 1 is 1.13 bits per heavy atom. The Balaban J connectivity index is 1.72. The molecule has 0 amide bonds. The van der Waals surface area contributed by atoms with E-state index in [-0.39, 0.29) is 28.0 Å². The number of ether oxygens (including phenoxy) is 2. The van der Waals surface area contributed by atoms with E-state index in [1.807, 2.05) is 38.1 Å². The van der Waals surface area contributed by atoms with E-state index in [4.69, 9.17) is 9.47 Å². The predicted molar refractivity (Wildman–Crippen MR) is 138 cm³/mol. The van der Waals surface area contributed by atoms with Gasteiger partial charge in [-0.05, 0) is 47.7 Å². The van der Waals surface area contributed by atoms with Gasteiger partial charge >= 0.3 is 5.97 Å². The predicted octanol–water partition coefficient (Wildman–Crippen LogP) is 8.22. The number of halogens is 5. The summed E-state index contributed by atoms with van der Waals surface area (Å²) in [5.74, 6) is 0.525. The first-order valence-corrected chi connectivity index (χ1v) is 13.4. The van der Waals surface area contributed by atoms with Crippen LogP contribution in [0, 0.1) is 28.6 Å². The summed E-state index contributed by atoms with van der Waals surface area (Å²) < 4.78 is 11.9. The quantitative estimate of drug-likeness (QED) is 0.221. The topological polar surface area (TPSA) is 59.3 Å². The highest BCUT2D eigenvalue weighted by atomic mass is 80.0. The molecule has 164 valence electrons. The molecule has 1 saturated carbocycles. The van der Waals surface area contributed by atoms with Crippen LogP contribution in [0.4, 0.5) is 0 Å². The van der Waals surface area contributed by atoms with Crippen LogP contribution in [0.3, 0.4) is 0 Å². The van der Waals surface area contributed by atoms with Crippen LogP contribution in [0.25, 0.3) is 0 Å². The second-order valence-corrected chi connectivity index (χ2v) is 16.7. The summed E-state index contributed by atoms with van der Waals surface area (Å²) in [4.78, 5) is 12.9. The molecule has 0 heterocycles. The number of hydrogen-bond acceptors (Lipinski definition) is 4. The fourth-order valence-electron chi connectivity index (χ4n) is 3.62. The standard InChI is InChI=1S/C22H18Br5NO3/c1-21(2)17(19(24)22(25,26)27)18(21)20(29)31-16(11-28)12-4-3-5-15(10-12)30-14-8-6-13(23)7-9-14/h3-10,16-19H,1-2H3/t16?,17-,18+,19?/m1/s1. The van der Waals surface area contributed by atoms with E-state index in [1.165, 1.54) is 0 Å². The van der Waals surface area contributed by atoms with Gasteiger partial charge in [0.05, 0.1) is 10.7 Å². The molecule has 0 aromatic heterocycles. The fourth-order valence-corrected chi connectivity index (χ4v) is 5.72. The van der Waals surface area contributed by atoms with Crippen molar-refractivity contribution in [1.29, 1.82) is 5.26 Å². The third-order valence-electron chi connectivity index (χ3n) is 5.35. The molecule has 1 aliphatic rings. The normalized spacial score (nSPS) is 21.5. The molecule has 1 fully saturated rings. The van der Waals surface area contributed by atoms with Crippen LogP contribution in [0.5, 0.6) is 11.5 Å². The third-order valence-corrected chi connectivity index (χ3v) is 10.5. The van der Waals surface area contributed by atoms with Gasteiger partial charge < -0.3 is 9.47 Å². The molecule has 0 bridgehead atoms. The van der Waals surface area contributed by atoms with Crippen molar-refractivity contribution in [2.24, 2.45) is 17.3 Å². The van der Waals surface area contributed by atoms with E-state index in [1.54, 1.807) is 24.3 Å². The minimum Gasteiger partial charge on any atom is -0.457 e. The van der Waals surface area contributed by atoms with E-state index >= 15 is 0 Å². The van der Waals surface area contributed by atoms with Crippen LogP contribution < -0.4 is 4.74 Å². The summed E-state index contributed by atoms with van der Waals surface area (Å²) in [7, 11) is 0. The average Bonchev–Trinajstić information content (AvgIpc) is 3.28. The molecule has 2 aromatic rings. The van der Waals surface area contributed by atoms with Gasteiger partial charge in [-0.2, -0.15) is 5.26 Å². The Morgan fingerprint density at radius 2 is 1.77 bits per heavy atom. The first-order chi connectivity index (χ1) is 14.4. The SMILES string of the molecule is CC1(C)[C@H](C(=O)OC(C#N)c2cccc(Oc3ccc(Br)cc3)c2)[C@@H]1C(Br)C(Br)(Br)Br. The fraction of sp³-hybridized carbons (Fsp3) is 0.364. The zero-order chi connectivity index (χ0) is 23.0. The van der Waals surface area contributed by atoms with E-state index in [0.717, 1.165) is 4.47 Å². The largest absolute Gasteiger partial charge is 0.457 e. The first-order valence-electron chi connectivity index (χ1n) is 9.29. The molecule has 0 saturated heterocycles. The van der Waals surface area contributed by atoms with E-state index in [9.17, 15) is 10.1 Å². The van der Waals surface area contributed by atoms with Crippen molar-refractivity contribution in [2.45, 2.75) is 26.9 Å². The molecular weight excluding hydrogens is 726 g/mol. The third kappa shape index (κ3) is 5.94. The Kier molecular flexibility index (Phi) is 8.01. The van der Waals surface area contributed by atoms with Gasteiger partial charge in [-0.3, -0.25) is 4.79 Å². The number of hydrogen-bond donors (Lipinski definition) is 0. The van der Waals surface area contributed by atoms with E-state index < -0.39 is 8.25 Å². The summed E-state index contributed by atoms with van der Waals surface area (Å²) in [5, 5.41) is 9.67. The Morgan fingerprint density at radius 3 is 2.35 bits per heavy atom. The van der Waals surface area contributed by atoms with E-state index in [2.05, 4.69) is 85.7 Å². The maximum Gasteiger partial charge on any atom is 0.311 e. The van der Waals surface area contributed by atoms with Crippen molar-refractivity contribution in [3.63, 3.8) is 0 Å². The lowest BCUT2D eigenvalue weighted by molar-refractivity contribution is -0.149. The van der Waals surface area contributed by atoms with Crippen LogP contribution in [0.1, 0.15) is 25.5 Å². The molecule has 4 nitrogen and oxygen atoms in total. The molecule has 0 radical (unpaired) electrons. The van der Waals surface area contributed by atoms with E-state index in [0.29, 0.717) is 17.1 Å². The van der Waals surface area contributed by atoms with Crippen LogP contribution in [-0.4, -0.2) is 12.9 Å². The minimum atomic E-state index is -1.02. The first kappa shape index (κ1) is 25.2. The molecule has 4 atom stereocenters. The molecule has 31 heavy (non-hydrogen) atoms. The summed E-state index contributed by atoms with van der Waals surface area (Å²) in [6, 6.07) is 16.5. The van der Waals surface area contributed by atoms with Crippen LogP contribution in [0.2, 0.25) is 0 Å². The minimum absolute atomic E-state index is 0.0181. The molecule has 1 aliphatic carbocycles. The van der Waals surface area contributed by atoms with Crippen molar-refractivity contribution < 1.29 is 14.3 Å². The van der Waals surface area contributed by atoms with Crippen molar-refractivity contribution in [3.8, 4) is 17.6 Å². The molecular formula is C22H18Br5NO3. The molecule has 3 rings (SSSR count). The number of nitrogens with zero attached hydrogens (tertiary/aromatic N) is 1. The maximum absolute atomic E-state index is 12.9. The number of carbonyl (C=O) groups is 1. The Hall–Kier alpha value is -0.400. The van der Waals surface area contributed by atoms with Crippen molar-refractivity contribution in [2.75, 3.05) is 0 Å². The highest BCUT2D eigenvalue weighted by Crippen LogP contribution is 2.66. The van der Waals surface area contributed by atoms with Gasteiger partial charge in [-0.1, -0.05) is 106 Å². The van der Waals surface area contributed by atoms with Crippen molar-refractivity contribution >= 4 is 85.6 Å². The smallest absolute Gasteiger partial charge is 0.311 e. The Labute approximate surface area is 223 Å². The lowest BCUT2D eigenvalue weighted by Crippen LogP contribution is -2.23. The van der Waals surface area contributed by atoms with Gasteiger partial charge in [0.25, 0.3) is 0 Å². The van der Waals surface area contributed by atoms with Gasteiger partial charge in [0.1, 0.15) is 19.7 Å². The number of rotatable bonds is 6. The lowest BCUT2D eigenvalue weighted by atomic mass is 10.1. The summed E-state index contributed by atoms with van der Waals surface area (Å²) >= 11 is 17.6. The molecule has 9 heteroatoms. The van der Waals surface area contributed by atoms with Crippen LogP contribution in [0.15, 0.2) is 53.0 Å². The van der Waals surface area contributed by atoms with Crippen LogP contribution >= 0.6 is 79.6 Å². The zero-order valence-corrected chi connectivity index (χ0v) is 24.4. The van der Waals surface area contributed by atoms with Gasteiger partial charge in [0, 0.05) is 10.0 Å². The highest BCUT2D eigenvalue weighted by molar-refractivity contribution is 9.40. The summed E-state index contributed by atoms with van der Waals surface area (Å²) in [6.45, 7) is 4.04. The number of benzene rings is 2. The lowest BCUT2D eigenvalue weighted by Gasteiger charge is -2.21. The molecule has 0 aliphatic heterocycles. The van der Waals surface area contributed by atoms with Crippen molar-refractivity contribution in [3.05, 3.63) is 58.6 Å². The zero-order valence-electron chi connectivity index (χ0n) is 16.5. The summed E-state index contributed by atoms with van der Waals surface area (Å²) in [5.41, 5.74) is 0.296. The highest BCUT2D eigenvalue weighted by Gasteiger charge is 2.67. The van der Waals surface area contributed by atoms with Crippen LogP contribution in [-0.2, 0) is 9.53 Å². The molecule has 0 N–H and O–H groups in total. The monoisotopic (exact) mass is 739 g/mol.